The zero-order valence-corrected chi connectivity index (χ0v) is 19.1. The van der Waals surface area contributed by atoms with Crippen molar-refractivity contribution in [2.75, 3.05) is 7.05 Å². The molecule has 6 heteroatoms. The zero-order chi connectivity index (χ0) is 18.7. The van der Waals surface area contributed by atoms with Crippen LogP contribution in [0.15, 0.2) is 77.1 Å². The number of rotatable bonds is 8. The summed E-state index contributed by atoms with van der Waals surface area (Å²) in [5.74, 6) is 0.804. The van der Waals surface area contributed by atoms with Crippen molar-refractivity contribution in [3.8, 4) is 0 Å². The van der Waals surface area contributed by atoms with Gasteiger partial charge in [-0.25, -0.2) is 0 Å². The van der Waals surface area contributed by atoms with Crippen LogP contribution in [-0.2, 0) is 31.0 Å². The summed E-state index contributed by atoms with van der Waals surface area (Å²) in [5.41, 5.74) is 3.58. The Labute approximate surface area is 188 Å². The van der Waals surface area contributed by atoms with E-state index in [-0.39, 0.29) is 24.0 Å². The number of guanidine groups is 1. The highest BCUT2D eigenvalue weighted by molar-refractivity contribution is 14.0. The van der Waals surface area contributed by atoms with E-state index in [2.05, 4.69) is 69.5 Å². The molecule has 4 nitrogen and oxygen atoms in total. The molecule has 28 heavy (non-hydrogen) atoms. The van der Waals surface area contributed by atoms with Gasteiger partial charge in [-0.3, -0.25) is 4.99 Å². The van der Waals surface area contributed by atoms with Gasteiger partial charge in [-0.05, 0) is 28.1 Å². The molecule has 0 saturated carbocycles. The minimum atomic E-state index is 0. The monoisotopic (exact) mass is 507 g/mol. The van der Waals surface area contributed by atoms with Crippen LogP contribution in [0.25, 0.3) is 0 Å². The molecule has 148 valence electrons. The molecule has 1 heterocycles. The lowest BCUT2D eigenvalue weighted by molar-refractivity contribution is 0.107. The van der Waals surface area contributed by atoms with E-state index in [0.717, 1.165) is 19.0 Å². The Morgan fingerprint density at radius 2 is 1.46 bits per heavy atom. The van der Waals surface area contributed by atoms with E-state index in [9.17, 15) is 0 Å². The molecule has 0 fully saturated rings. The summed E-state index contributed by atoms with van der Waals surface area (Å²) in [6.07, 6.45) is 0. The number of ether oxygens (including phenoxy) is 1. The van der Waals surface area contributed by atoms with Gasteiger partial charge in [0.05, 0.1) is 19.8 Å². The topological polar surface area (TPSA) is 45.7 Å². The fourth-order valence-corrected chi connectivity index (χ4v) is 3.25. The van der Waals surface area contributed by atoms with Gasteiger partial charge in [0.1, 0.15) is 0 Å². The second-order valence-corrected chi connectivity index (χ2v) is 7.19. The maximum absolute atomic E-state index is 5.78. The minimum absolute atomic E-state index is 0. The third-order valence-corrected chi connectivity index (χ3v) is 4.97. The van der Waals surface area contributed by atoms with Crippen molar-refractivity contribution in [1.82, 2.24) is 10.6 Å². The molecular weight excluding hydrogens is 481 g/mol. The average Bonchev–Trinajstić information content (AvgIpc) is 3.24. The Morgan fingerprint density at radius 3 is 2.11 bits per heavy atom. The minimum Gasteiger partial charge on any atom is -0.372 e. The molecule has 0 aliphatic heterocycles. The lowest BCUT2D eigenvalue weighted by Gasteiger charge is -2.12. The Balaban J connectivity index is 0.00000280. The maximum Gasteiger partial charge on any atom is 0.191 e. The molecule has 0 unspecified atom stereocenters. The summed E-state index contributed by atoms with van der Waals surface area (Å²) in [4.78, 5) is 5.56. The van der Waals surface area contributed by atoms with Crippen LogP contribution >= 0.6 is 35.3 Å². The summed E-state index contributed by atoms with van der Waals surface area (Å²) < 4.78 is 5.78. The van der Waals surface area contributed by atoms with Crippen molar-refractivity contribution in [2.24, 2.45) is 4.99 Å². The van der Waals surface area contributed by atoms with Gasteiger partial charge >= 0.3 is 0 Å². The molecule has 1 aromatic heterocycles. The van der Waals surface area contributed by atoms with E-state index in [4.69, 9.17) is 4.74 Å². The van der Waals surface area contributed by atoms with Crippen molar-refractivity contribution >= 4 is 41.3 Å². The van der Waals surface area contributed by atoms with Crippen molar-refractivity contribution in [3.63, 3.8) is 0 Å². The Hall–Kier alpha value is -1.90. The average molecular weight is 507 g/mol. The van der Waals surface area contributed by atoms with Crippen LogP contribution in [0.5, 0.6) is 0 Å². The molecule has 2 aromatic carbocycles. The summed E-state index contributed by atoms with van der Waals surface area (Å²) in [6.45, 7) is 2.77. The number of nitrogens with one attached hydrogen (secondary N) is 2. The number of hydrogen-bond acceptors (Lipinski definition) is 3. The van der Waals surface area contributed by atoms with E-state index < -0.39 is 0 Å². The van der Waals surface area contributed by atoms with E-state index in [0.29, 0.717) is 13.2 Å². The lowest BCUT2D eigenvalue weighted by atomic mass is 10.1. The third-order valence-electron chi connectivity index (χ3n) is 4.10. The molecule has 0 amide bonds. The van der Waals surface area contributed by atoms with Gasteiger partial charge in [0, 0.05) is 18.5 Å². The second-order valence-electron chi connectivity index (χ2n) is 6.15. The fourth-order valence-electron chi connectivity index (χ4n) is 2.60. The molecule has 3 aromatic rings. The summed E-state index contributed by atoms with van der Waals surface area (Å²) in [7, 11) is 1.79. The van der Waals surface area contributed by atoms with Gasteiger partial charge in [0.25, 0.3) is 0 Å². The maximum atomic E-state index is 5.78. The Morgan fingerprint density at radius 1 is 0.821 bits per heavy atom. The lowest BCUT2D eigenvalue weighted by Crippen LogP contribution is -2.36. The quantitative estimate of drug-likeness (QED) is 0.258. The SMILES string of the molecule is CN=C(NCc1ccc(COCc2ccccc2)cc1)NCc1cccs1.I. The van der Waals surface area contributed by atoms with Crippen molar-refractivity contribution in [2.45, 2.75) is 26.3 Å². The largest absolute Gasteiger partial charge is 0.372 e. The highest BCUT2D eigenvalue weighted by Gasteiger charge is 2.01. The van der Waals surface area contributed by atoms with Crippen LogP contribution in [0.2, 0.25) is 0 Å². The summed E-state index contributed by atoms with van der Waals surface area (Å²) in [6, 6.07) is 22.9. The molecule has 0 spiro atoms. The normalized spacial score (nSPS) is 11.0. The van der Waals surface area contributed by atoms with Crippen LogP contribution in [0.4, 0.5) is 0 Å². The van der Waals surface area contributed by atoms with Crippen LogP contribution in [0, 0.1) is 0 Å². The number of aliphatic imine (C=N–C) groups is 1. The van der Waals surface area contributed by atoms with Crippen LogP contribution in [-0.4, -0.2) is 13.0 Å². The predicted octanol–water partition coefficient (Wildman–Crippen LogP) is 4.95. The van der Waals surface area contributed by atoms with Crippen molar-refractivity contribution in [3.05, 3.63) is 93.7 Å². The van der Waals surface area contributed by atoms with Crippen LogP contribution in [0.1, 0.15) is 21.6 Å². The molecule has 0 saturated heterocycles. The smallest absolute Gasteiger partial charge is 0.191 e. The van der Waals surface area contributed by atoms with Gasteiger partial charge in [-0.1, -0.05) is 60.7 Å². The number of nitrogens with zero attached hydrogens (tertiary/aromatic N) is 1. The van der Waals surface area contributed by atoms with Crippen LogP contribution in [0.3, 0.4) is 0 Å². The van der Waals surface area contributed by atoms with Gasteiger partial charge in [0.2, 0.25) is 0 Å². The van der Waals surface area contributed by atoms with E-state index in [1.807, 2.05) is 18.2 Å². The number of hydrogen-bond donors (Lipinski definition) is 2. The fraction of sp³-hybridized carbons (Fsp3) is 0.227. The molecule has 0 atom stereocenters. The first kappa shape index (κ1) is 22.4. The Bertz CT molecular complexity index is 821. The standard InChI is InChI=1S/C22H25N3OS.HI/c1-23-22(25-15-21-8-5-13-27-21)24-14-18-9-11-20(12-10-18)17-26-16-19-6-3-2-4-7-19;/h2-13H,14-17H2,1H3,(H2,23,24,25);1H. The van der Waals surface area contributed by atoms with Gasteiger partial charge in [-0.2, -0.15) is 0 Å². The Kier molecular flexibility index (Phi) is 10.0. The van der Waals surface area contributed by atoms with E-state index in [1.54, 1.807) is 18.4 Å². The first-order valence-electron chi connectivity index (χ1n) is 9.00. The van der Waals surface area contributed by atoms with Crippen LogP contribution < -0.4 is 10.6 Å². The number of halogens is 1. The predicted molar refractivity (Wildman–Crippen MR) is 128 cm³/mol. The van der Waals surface area contributed by atoms with Gasteiger partial charge in [0.15, 0.2) is 5.96 Å². The molecule has 0 bridgehead atoms. The van der Waals surface area contributed by atoms with Crippen molar-refractivity contribution in [1.29, 1.82) is 0 Å². The first-order valence-corrected chi connectivity index (χ1v) is 9.88. The molecular formula is C22H26IN3OS. The molecule has 2 N–H and O–H groups in total. The third kappa shape index (κ3) is 7.61. The first-order chi connectivity index (χ1) is 13.3. The molecule has 0 radical (unpaired) electrons. The highest BCUT2D eigenvalue weighted by Crippen LogP contribution is 2.09. The zero-order valence-electron chi connectivity index (χ0n) is 15.9. The van der Waals surface area contributed by atoms with Gasteiger partial charge < -0.3 is 15.4 Å². The highest BCUT2D eigenvalue weighted by atomic mass is 127. The molecule has 3 rings (SSSR count). The van der Waals surface area contributed by atoms with Gasteiger partial charge in [-0.15, -0.1) is 35.3 Å². The van der Waals surface area contributed by atoms with Crippen molar-refractivity contribution < 1.29 is 4.74 Å². The molecule has 0 aliphatic rings. The summed E-state index contributed by atoms with van der Waals surface area (Å²) in [5, 5.41) is 8.75. The van der Waals surface area contributed by atoms with E-state index >= 15 is 0 Å². The summed E-state index contributed by atoms with van der Waals surface area (Å²) >= 11 is 1.74. The van der Waals surface area contributed by atoms with E-state index in [1.165, 1.54) is 21.6 Å². The molecule has 0 aliphatic carbocycles. The number of benzene rings is 2. The number of thiophene rings is 1. The second kappa shape index (κ2) is 12.5.